The molecule has 0 unspecified atom stereocenters. The molecule has 0 radical (unpaired) electrons. The van der Waals surface area contributed by atoms with Gasteiger partial charge in [0.05, 0.1) is 0 Å². The minimum absolute atomic E-state index is 0.253. The third kappa shape index (κ3) is 4.33. The van der Waals surface area contributed by atoms with Crippen LogP contribution in [0.5, 0.6) is 17.2 Å². The molecule has 0 spiro atoms. The van der Waals surface area contributed by atoms with Crippen LogP contribution in [-0.2, 0) is 9.53 Å². The van der Waals surface area contributed by atoms with Crippen molar-refractivity contribution in [3.05, 3.63) is 53.1 Å². The minimum atomic E-state index is -0.603. The summed E-state index contributed by atoms with van der Waals surface area (Å²) in [6.07, 6.45) is 0. The summed E-state index contributed by atoms with van der Waals surface area (Å²) < 4.78 is 21.2. The van der Waals surface area contributed by atoms with Crippen molar-refractivity contribution in [2.75, 3.05) is 26.4 Å². The first-order valence-corrected chi connectivity index (χ1v) is 8.31. The fourth-order valence-electron chi connectivity index (χ4n) is 2.43. The summed E-state index contributed by atoms with van der Waals surface area (Å²) in [5.74, 6) is 0.789. The predicted molar refractivity (Wildman–Crippen MR) is 94.1 cm³/mol. The number of ether oxygens (including phenoxy) is 4. The van der Waals surface area contributed by atoms with Gasteiger partial charge < -0.3 is 18.9 Å². The summed E-state index contributed by atoms with van der Waals surface area (Å²) in [4.78, 5) is 24.0. The number of rotatable bonds is 6. The number of ketones is 1. The van der Waals surface area contributed by atoms with Gasteiger partial charge in [-0.15, -0.1) is 0 Å². The lowest BCUT2D eigenvalue weighted by molar-refractivity contribution is -0.144. The van der Waals surface area contributed by atoms with E-state index in [1.165, 1.54) is 0 Å². The molecule has 136 valence electrons. The van der Waals surface area contributed by atoms with E-state index in [1.807, 2.05) is 26.0 Å². The van der Waals surface area contributed by atoms with E-state index < -0.39 is 5.97 Å². The van der Waals surface area contributed by atoms with E-state index in [4.69, 9.17) is 18.9 Å². The number of carbonyl (C=O) groups excluding carboxylic acids is 2. The smallest absolute Gasteiger partial charge is 0.344 e. The van der Waals surface area contributed by atoms with Crippen LogP contribution in [0.4, 0.5) is 0 Å². The van der Waals surface area contributed by atoms with Crippen molar-refractivity contribution < 1.29 is 28.5 Å². The van der Waals surface area contributed by atoms with Gasteiger partial charge in [-0.3, -0.25) is 4.79 Å². The van der Waals surface area contributed by atoms with Crippen molar-refractivity contribution in [2.45, 2.75) is 13.8 Å². The van der Waals surface area contributed by atoms with Gasteiger partial charge in [0, 0.05) is 5.56 Å². The number of esters is 1. The van der Waals surface area contributed by atoms with Crippen LogP contribution in [0.25, 0.3) is 0 Å². The summed E-state index contributed by atoms with van der Waals surface area (Å²) >= 11 is 0. The van der Waals surface area contributed by atoms with Crippen LogP contribution < -0.4 is 14.2 Å². The minimum Gasteiger partial charge on any atom is -0.486 e. The SMILES string of the molecule is Cc1ccc(OCC(=O)OCC(=O)c2ccc3c(c2)OCCO3)cc1C. The van der Waals surface area contributed by atoms with E-state index in [2.05, 4.69) is 0 Å². The Morgan fingerprint density at radius 1 is 0.923 bits per heavy atom. The molecule has 3 rings (SSSR count). The van der Waals surface area contributed by atoms with Gasteiger partial charge in [0.2, 0.25) is 0 Å². The molecular formula is C20H20O6. The van der Waals surface area contributed by atoms with Gasteiger partial charge >= 0.3 is 5.97 Å². The molecule has 2 aromatic rings. The van der Waals surface area contributed by atoms with Gasteiger partial charge in [0.25, 0.3) is 0 Å². The van der Waals surface area contributed by atoms with Gasteiger partial charge in [-0.05, 0) is 55.3 Å². The van der Waals surface area contributed by atoms with E-state index in [0.29, 0.717) is 36.0 Å². The molecule has 0 atom stereocenters. The van der Waals surface area contributed by atoms with Crippen molar-refractivity contribution >= 4 is 11.8 Å². The normalized spacial score (nSPS) is 12.4. The number of fused-ring (bicyclic) bond motifs is 1. The molecule has 0 aliphatic carbocycles. The number of carbonyl (C=O) groups is 2. The highest BCUT2D eigenvalue weighted by atomic mass is 16.6. The van der Waals surface area contributed by atoms with Crippen LogP contribution in [0.3, 0.4) is 0 Å². The topological polar surface area (TPSA) is 71.1 Å². The van der Waals surface area contributed by atoms with E-state index in [0.717, 1.165) is 11.1 Å². The van der Waals surface area contributed by atoms with Gasteiger partial charge in [0.15, 0.2) is 30.5 Å². The lowest BCUT2D eigenvalue weighted by Gasteiger charge is -2.18. The van der Waals surface area contributed by atoms with E-state index in [9.17, 15) is 9.59 Å². The maximum Gasteiger partial charge on any atom is 0.344 e. The molecule has 1 aliphatic heterocycles. The molecular weight excluding hydrogens is 336 g/mol. The van der Waals surface area contributed by atoms with Crippen LogP contribution in [0, 0.1) is 13.8 Å². The summed E-state index contributed by atoms with van der Waals surface area (Å²) in [5.41, 5.74) is 2.62. The number of benzene rings is 2. The molecule has 26 heavy (non-hydrogen) atoms. The lowest BCUT2D eigenvalue weighted by Crippen LogP contribution is -2.20. The summed E-state index contributed by atoms with van der Waals surface area (Å²) in [6, 6.07) is 10.4. The van der Waals surface area contributed by atoms with Crippen molar-refractivity contribution in [3.8, 4) is 17.2 Å². The van der Waals surface area contributed by atoms with Crippen molar-refractivity contribution in [1.29, 1.82) is 0 Å². The Labute approximate surface area is 151 Å². The molecule has 0 saturated heterocycles. The molecule has 1 aliphatic rings. The first kappa shape index (κ1) is 17.8. The Kier molecular flexibility index (Phi) is 5.41. The van der Waals surface area contributed by atoms with Crippen molar-refractivity contribution in [2.24, 2.45) is 0 Å². The molecule has 1 heterocycles. The highest BCUT2D eigenvalue weighted by molar-refractivity contribution is 5.98. The van der Waals surface area contributed by atoms with Gasteiger partial charge in [-0.1, -0.05) is 6.07 Å². The standard InChI is InChI=1S/C20H20O6/c1-13-3-5-16(9-14(13)2)25-12-20(22)26-11-17(21)15-4-6-18-19(10-15)24-8-7-23-18/h3-6,9-10H,7-8,11-12H2,1-2H3. The predicted octanol–water partition coefficient (Wildman–Crippen LogP) is 2.88. The molecule has 6 heteroatoms. The zero-order valence-electron chi connectivity index (χ0n) is 14.7. The average molecular weight is 356 g/mol. The largest absolute Gasteiger partial charge is 0.486 e. The van der Waals surface area contributed by atoms with Crippen LogP contribution in [0.1, 0.15) is 21.5 Å². The average Bonchev–Trinajstić information content (AvgIpc) is 2.66. The Morgan fingerprint density at radius 3 is 2.46 bits per heavy atom. The summed E-state index contributed by atoms with van der Waals surface area (Å²) in [6.45, 7) is 4.28. The molecule has 0 bridgehead atoms. The summed E-state index contributed by atoms with van der Waals surface area (Å²) in [5, 5.41) is 0. The fourth-order valence-corrected chi connectivity index (χ4v) is 2.43. The van der Waals surface area contributed by atoms with Crippen LogP contribution >= 0.6 is 0 Å². The molecule has 0 N–H and O–H groups in total. The number of hydrogen-bond donors (Lipinski definition) is 0. The number of Topliss-reactive ketones (excluding diaryl/α,β-unsaturated/α-hetero) is 1. The van der Waals surface area contributed by atoms with Gasteiger partial charge in [0.1, 0.15) is 19.0 Å². The molecule has 0 amide bonds. The molecule has 2 aromatic carbocycles. The molecule has 0 fully saturated rings. The highest BCUT2D eigenvalue weighted by Crippen LogP contribution is 2.30. The first-order chi connectivity index (χ1) is 12.5. The quantitative estimate of drug-likeness (QED) is 0.585. The highest BCUT2D eigenvalue weighted by Gasteiger charge is 2.16. The molecule has 0 aromatic heterocycles. The van der Waals surface area contributed by atoms with E-state index in [-0.39, 0.29) is 19.0 Å². The number of hydrogen-bond acceptors (Lipinski definition) is 6. The Morgan fingerprint density at radius 2 is 1.69 bits per heavy atom. The van der Waals surface area contributed by atoms with Crippen molar-refractivity contribution in [3.63, 3.8) is 0 Å². The number of aryl methyl sites for hydroxylation is 2. The second-order valence-corrected chi connectivity index (χ2v) is 5.98. The lowest BCUT2D eigenvalue weighted by atomic mass is 10.1. The Hall–Kier alpha value is -3.02. The monoisotopic (exact) mass is 356 g/mol. The zero-order valence-corrected chi connectivity index (χ0v) is 14.7. The van der Waals surface area contributed by atoms with Crippen LogP contribution in [-0.4, -0.2) is 38.2 Å². The zero-order chi connectivity index (χ0) is 18.5. The van der Waals surface area contributed by atoms with E-state index in [1.54, 1.807) is 24.3 Å². The third-order valence-electron chi connectivity index (χ3n) is 4.06. The second-order valence-electron chi connectivity index (χ2n) is 5.98. The van der Waals surface area contributed by atoms with Gasteiger partial charge in [-0.25, -0.2) is 4.79 Å². The molecule has 6 nitrogen and oxygen atoms in total. The third-order valence-corrected chi connectivity index (χ3v) is 4.06. The maximum absolute atomic E-state index is 12.2. The van der Waals surface area contributed by atoms with Crippen LogP contribution in [0.15, 0.2) is 36.4 Å². The van der Waals surface area contributed by atoms with Crippen molar-refractivity contribution in [1.82, 2.24) is 0 Å². The Bertz CT molecular complexity index is 827. The summed E-state index contributed by atoms with van der Waals surface area (Å²) in [7, 11) is 0. The second kappa shape index (κ2) is 7.91. The fraction of sp³-hybridized carbons (Fsp3) is 0.300. The van der Waals surface area contributed by atoms with Crippen LogP contribution in [0.2, 0.25) is 0 Å². The Balaban J connectivity index is 1.49. The maximum atomic E-state index is 12.2. The van der Waals surface area contributed by atoms with E-state index >= 15 is 0 Å². The van der Waals surface area contributed by atoms with Gasteiger partial charge in [-0.2, -0.15) is 0 Å². The molecule has 0 saturated carbocycles. The first-order valence-electron chi connectivity index (χ1n) is 8.31.